The third kappa shape index (κ3) is 2.77. The predicted octanol–water partition coefficient (Wildman–Crippen LogP) is 2.80. The largest absolute Gasteiger partial charge is 0.353 e. The summed E-state index contributed by atoms with van der Waals surface area (Å²) < 4.78 is 25.9. The lowest BCUT2D eigenvalue weighted by molar-refractivity contribution is -0.135. The van der Waals surface area contributed by atoms with Crippen molar-refractivity contribution in [3.05, 3.63) is 0 Å². The molecular formula is C17H26F2N2O. The van der Waals surface area contributed by atoms with Crippen molar-refractivity contribution in [1.82, 2.24) is 10.2 Å². The minimum absolute atomic E-state index is 0.0472. The Bertz CT molecular complexity index is 458. The number of carbonyl (C=O) groups excluding carboxylic acids is 1. The molecule has 1 amide bonds. The number of halogens is 2. The van der Waals surface area contributed by atoms with Crippen LogP contribution >= 0.6 is 0 Å². The summed E-state index contributed by atoms with van der Waals surface area (Å²) in [5, 5.41) is 2.90. The third-order valence-electron chi connectivity index (χ3n) is 6.34. The van der Waals surface area contributed by atoms with E-state index in [1.807, 2.05) is 0 Å². The molecule has 0 aromatic carbocycles. The third-order valence-corrected chi connectivity index (χ3v) is 6.34. The molecule has 22 heavy (non-hydrogen) atoms. The highest BCUT2D eigenvalue weighted by molar-refractivity contribution is 5.80. The Morgan fingerprint density at radius 3 is 2.64 bits per heavy atom. The summed E-state index contributed by atoms with van der Waals surface area (Å²) in [5.41, 5.74) is 0.130. The molecule has 3 saturated carbocycles. The maximum absolute atomic E-state index is 12.9. The van der Waals surface area contributed by atoms with Crippen LogP contribution < -0.4 is 5.32 Å². The van der Waals surface area contributed by atoms with Gasteiger partial charge in [0.25, 0.3) is 5.92 Å². The highest BCUT2D eigenvalue weighted by Crippen LogP contribution is 2.50. The van der Waals surface area contributed by atoms with Crippen molar-refractivity contribution in [3.8, 4) is 0 Å². The van der Waals surface area contributed by atoms with Crippen molar-refractivity contribution in [2.45, 2.75) is 63.3 Å². The fourth-order valence-electron chi connectivity index (χ4n) is 4.91. The van der Waals surface area contributed by atoms with E-state index in [9.17, 15) is 13.6 Å². The molecule has 4 fully saturated rings. The van der Waals surface area contributed by atoms with E-state index in [4.69, 9.17) is 0 Å². The molecule has 1 heterocycles. The van der Waals surface area contributed by atoms with Crippen LogP contribution in [0.25, 0.3) is 0 Å². The van der Waals surface area contributed by atoms with E-state index in [0.29, 0.717) is 0 Å². The lowest BCUT2D eigenvalue weighted by atomic mass is 9.76. The van der Waals surface area contributed by atoms with Gasteiger partial charge in [-0.1, -0.05) is 6.42 Å². The number of likely N-dealkylation sites (tertiary alicyclic amines) is 1. The first kappa shape index (κ1) is 14.9. The summed E-state index contributed by atoms with van der Waals surface area (Å²) in [7, 11) is 0. The number of hydrogen-bond acceptors (Lipinski definition) is 2. The zero-order valence-electron chi connectivity index (χ0n) is 13.1. The summed E-state index contributed by atoms with van der Waals surface area (Å²) >= 11 is 0. The molecule has 1 saturated heterocycles. The van der Waals surface area contributed by atoms with E-state index < -0.39 is 5.92 Å². The smallest absolute Gasteiger partial charge is 0.252 e. The van der Waals surface area contributed by atoms with Gasteiger partial charge < -0.3 is 10.2 Å². The molecule has 0 aromatic heterocycles. The van der Waals surface area contributed by atoms with Crippen LogP contribution in [0.1, 0.15) is 51.4 Å². The Kier molecular flexibility index (Phi) is 3.48. The SMILES string of the molecule is O=C(NC1CC(F)(F)C1)C1CCCC12CCN(CC1CC1)C2. The summed E-state index contributed by atoms with van der Waals surface area (Å²) in [6.07, 6.45) is 6.67. The molecule has 124 valence electrons. The van der Waals surface area contributed by atoms with Crippen LogP contribution in [0.15, 0.2) is 0 Å². The van der Waals surface area contributed by atoms with E-state index in [1.54, 1.807) is 0 Å². The van der Waals surface area contributed by atoms with Crippen LogP contribution in [0.2, 0.25) is 0 Å². The fraction of sp³-hybridized carbons (Fsp3) is 0.941. The fourth-order valence-corrected chi connectivity index (χ4v) is 4.91. The molecule has 1 aliphatic heterocycles. The summed E-state index contributed by atoms with van der Waals surface area (Å²) in [6, 6.07) is -0.302. The molecule has 0 aromatic rings. The normalized spacial score (nSPS) is 38.4. The number of nitrogens with zero attached hydrogens (tertiary/aromatic N) is 1. The topological polar surface area (TPSA) is 32.3 Å². The van der Waals surface area contributed by atoms with Gasteiger partial charge >= 0.3 is 0 Å². The molecule has 1 spiro atoms. The van der Waals surface area contributed by atoms with Gasteiger partial charge in [-0.3, -0.25) is 4.79 Å². The summed E-state index contributed by atoms with van der Waals surface area (Å²) in [4.78, 5) is 15.1. The zero-order valence-corrected chi connectivity index (χ0v) is 13.1. The Hall–Kier alpha value is -0.710. The van der Waals surface area contributed by atoms with Crippen molar-refractivity contribution in [1.29, 1.82) is 0 Å². The van der Waals surface area contributed by atoms with Crippen molar-refractivity contribution in [2.24, 2.45) is 17.3 Å². The van der Waals surface area contributed by atoms with Crippen LogP contribution in [0, 0.1) is 17.3 Å². The molecule has 3 aliphatic carbocycles. The lowest BCUT2D eigenvalue weighted by Gasteiger charge is -2.38. The molecule has 1 N–H and O–H groups in total. The first-order valence-electron chi connectivity index (χ1n) is 8.86. The van der Waals surface area contributed by atoms with Crippen LogP contribution in [0.5, 0.6) is 0 Å². The lowest BCUT2D eigenvalue weighted by Crippen LogP contribution is -2.53. The number of carbonyl (C=O) groups is 1. The standard InChI is InChI=1S/C17H26F2N2O/c18-17(19)8-13(9-17)20-15(22)14-2-1-5-16(14)6-7-21(11-16)10-12-3-4-12/h12-14H,1-11H2,(H,20,22). The van der Waals surface area contributed by atoms with Crippen LogP contribution in [0.3, 0.4) is 0 Å². The van der Waals surface area contributed by atoms with Gasteiger partial charge in [-0.2, -0.15) is 0 Å². The average Bonchev–Trinajstić information content (AvgIpc) is 2.99. The molecule has 4 rings (SSSR count). The van der Waals surface area contributed by atoms with E-state index in [1.165, 1.54) is 19.4 Å². The molecular weight excluding hydrogens is 286 g/mol. The van der Waals surface area contributed by atoms with Crippen molar-refractivity contribution < 1.29 is 13.6 Å². The Labute approximate surface area is 130 Å². The monoisotopic (exact) mass is 312 g/mol. The van der Waals surface area contributed by atoms with Crippen LogP contribution in [-0.4, -0.2) is 42.4 Å². The Balaban J connectivity index is 1.35. The van der Waals surface area contributed by atoms with Gasteiger partial charge in [-0.05, 0) is 50.0 Å². The quantitative estimate of drug-likeness (QED) is 0.866. The van der Waals surface area contributed by atoms with Crippen molar-refractivity contribution >= 4 is 5.91 Å². The zero-order chi connectivity index (χ0) is 15.4. The average molecular weight is 312 g/mol. The summed E-state index contributed by atoms with van der Waals surface area (Å²) in [5.74, 6) is -1.57. The van der Waals surface area contributed by atoms with E-state index in [0.717, 1.165) is 44.7 Å². The highest BCUT2D eigenvalue weighted by atomic mass is 19.3. The minimum atomic E-state index is -2.56. The van der Waals surface area contributed by atoms with Gasteiger partial charge in [-0.15, -0.1) is 0 Å². The number of nitrogens with one attached hydrogen (secondary N) is 1. The molecule has 2 atom stereocenters. The molecule has 5 heteroatoms. The number of alkyl halides is 2. The number of amides is 1. The molecule has 0 radical (unpaired) electrons. The number of rotatable bonds is 4. The Morgan fingerprint density at radius 1 is 1.18 bits per heavy atom. The van der Waals surface area contributed by atoms with E-state index >= 15 is 0 Å². The van der Waals surface area contributed by atoms with Crippen molar-refractivity contribution in [3.63, 3.8) is 0 Å². The first-order chi connectivity index (χ1) is 10.5. The number of hydrogen-bond donors (Lipinski definition) is 1. The van der Waals surface area contributed by atoms with Gasteiger partial charge in [-0.25, -0.2) is 8.78 Å². The van der Waals surface area contributed by atoms with E-state index in [-0.39, 0.29) is 36.1 Å². The van der Waals surface area contributed by atoms with Gasteiger partial charge in [0, 0.05) is 37.9 Å². The minimum Gasteiger partial charge on any atom is -0.353 e. The molecule has 4 aliphatic rings. The summed E-state index contributed by atoms with van der Waals surface area (Å²) in [6.45, 7) is 3.36. The van der Waals surface area contributed by atoms with Gasteiger partial charge in [0.1, 0.15) is 0 Å². The van der Waals surface area contributed by atoms with Crippen LogP contribution in [-0.2, 0) is 4.79 Å². The molecule has 3 nitrogen and oxygen atoms in total. The highest BCUT2D eigenvalue weighted by Gasteiger charge is 2.52. The molecule has 2 unspecified atom stereocenters. The maximum Gasteiger partial charge on any atom is 0.252 e. The van der Waals surface area contributed by atoms with Gasteiger partial charge in [0.2, 0.25) is 5.91 Å². The second-order valence-corrected chi connectivity index (χ2v) is 8.21. The second kappa shape index (κ2) is 5.15. The first-order valence-corrected chi connectivity index (χ1v) is 8.86. The maximum atomic E-state index is 12.9. The predicted molar refractivity (Wildman–Crippen MR) is 79.7 cm³/mol. The van der Waals surface area contributed by atoms with Crippen LogP contribution in [0.4, 0.5) is 8.78 Å². The van der Waals surface area contributed by atoms with E-state index in [2.05, 4.69) is 10.2 Å². The van der Waals surface area contributed by atoms with Gasteiger partial charge in [0.15, 0.2) is 0 Å². The molecule has 0 bridgehead atoms. The van der Waals surface area contributed by atoms with Crippen molar-refractivity contribution in [2.75, 3.05) is 19.6 Å². The second-order valence-electron chi connectivity index (χ2n) is 8.21. The Morgan fingerprint density at radius 2 is 1.95 bits per heavy atom. The van der Waals surface area contributed by atoms with Gasteiger partial charge in [0.05, 0.1) is 0 Å².